The fraction of sp³-hybridized carbons (Fsp3) is 0.667. The van der Waals surface area contributed by atoms with Crippen LogP contribution >= 0.6 is 0 Å². The van der Waals surface area contributed by atoms with Gasteiger partial charge >= 0.3 is 11.9 Å². The maximum Gasteiger partial charge on any atom is 0.332 e. The molecule has 18 heavy (non-hydrogen) atoms. The normalized spacial score (nSPS) is 12.1. The first kappa shape index (κ1) is 16.6. The minimum Gasteiger partial charge on any atom is -0.478 e. The van der Waals surface area contributed by atoms with E-state index in [0.717, 1.165) is 0 Å². The van der Waals surface area contributed by atoms with E-state index >= 15 is 0 Å². The van der Waals surface area contributed by atoms with Gasteiger partial charge in [0.25, 0.3) is 0 Å². The van der Waals surface area contributed by atoms with E-state index in [2.05, 4.69) is 0 Å². The molecule has 0 aliphatic rings. The van der Waals surface area contributed by atoms with Crippen molar-refractivity contribution in [3.05, 3.63) is 11.1 Å². The lowest BCUT2D eigenvalue weighted by Gasteiger charge is -2.08. The van der Waals surface area contributed by atoms with Crippen LogP contribution in [0.15, 0.2) is 11.1 Å². The lowest BCUT2D eigenvalue weighted by molar-refractivity contribution is -0.136. The van der Waals surface area contributed by atoms with Crippen LogP contribution in [-0.2, 0) is 19.1 Å². The summed E-state index contributed by atoms with van der Waals surface area (Å²) in [4.78, 5) is 22.2. The standard InChI is InChI=1S/C12H20O6/c1-17-7-3-5-9(11(13)14)10(12(15)16)6-4-8-18-2/h3-8H2,1-2H3,(H,13,14)(H,15,16). The highest BCUT2D eigenvalue weighted by atomic mass is 16.5. The average molecular weight is 260 g/mol. The van der Waals surface area contributed by atoms with E-state index in [9.17, 15) is 9.59 Å². The molecule has 0 aliphatic heterocycles. The van der Waals surface area contributed by atoms with Crippen molar-refractivity contribution in [3.8, 4) is 0 Å². The molecule has 0 bridgehead atoms. The van der Waals surface area contributed by atoms with E-state index < -0.39 is 11.9 Å². The summed E-state index contributed by atoms with van der Waals surface area (Å²) in [7, 11) is 3.03. The fourth-order valence-electron chi connectivity index (χ4n) is 1.56. The quantitative estimate of drug-likeness (QED) is 0.454. The highest BCUT2D eigenvalue weighted by Gasteiger charge is 2.19. The van der Waals surface area contributed by atoms with Crippen LogP contribution in [0.5, 0.6) is 0 Å². The number of rotatable bonds is 10. The molecule has 0 rings (SSSR count). The predicted molar refractivity (Wildman–Crippen MR) is 64.5 cm³/mol. The molecule has 0 aromatic carbocycles. The molecular weight excluding hydrogens is 240 g/mol. The van der Waals surface area contributed by atoms with Crippen molar-refractivity contribution < 1.29 is 29.3 Å². The zero-order valence-electron chi connectivity index (χ0n) is 10.8. The maximum atomic E-state index is 11.1. The zero-order chi connectivity index (χ0) is 14.0. The Kier molecular flexibility index (Phi) is 8.86. The van der Waals surface area contributed by atoms with Gasteiger partial charge in [-0.25, -0.2) is 9.59 Å². The third-order valence-electron chi connectivity index (χ3n) is 2.43. The number of methoxy groups -OCH3 is 2. The first-order valence-corrected chi connectivity index (χ1v) is 5.71. The smallest absolute Gasteiger partial charge is 0.332 e. The molecule has 0 fully saturated rings. The first-order chi connectivity index (χ1) is 8.54. The SMILES string of the molecule is COCCCC(C(=O)O)=C(CCCOC)C(=O)O. The van der Waals surface area contributed by atoms with Crippen molar-refractivity contribution in [2.24, 2.45) is 0 Å². The summed E-state index contributed by atoms with van der Waals surface area (Å²) < 4.78 is 9.66. The van der Waals surface area contributed by atoms with Crippen LogP contribution in [0, 0.1) is 0 Å². The van der Waals surface area contributed by atoms with E-state index in [0.29, 0.717) is 26.1 Å². The van der Waals surface area contributed by atoms with Crippen molar-refractivity contribution in [3.63, 3.8) is 0 Å². The number of ether oxygens (including phenoxy) is 2. The largest absolute Gasteiger partial charge is 0.478 e. The van der Waals surface area contributed by atoms with Crippen LogP contribution in [0.1, 0.15) is 25.7 Å². The number of carbonyl (C=O) groups is 2. The van der Waals surface area contributed by atoms with Gasteiger partial charge in [-0.3, -0.25) is 0 Å². The lowest BCUT2D eigenvalue weighted by atomic mass is 9.99. The molecule has 0 saturated heterocycles. The van der Waals surface area contributed by atoms with Gasteiger partial charge in [0.05, 0.1) is 0 Å². The van der Waals surface area contributed by atoms with Crippen LogP contribution in [-0.4, -0.2) is 49.6 Å². The Labute approximate surface area is 106 Å². The second kappa shape index (κ2) is 9.61. The van der Waals surface area contributed by atoms with Gasteiger partial charge < -0.3 is 19.7 Å². The molecule has 0 atom stereocenters. The molecule has 0 radical (unpaired) electrons. The van der Waals surface area contributed by atoms with Gasteiger partial charge in [-0.1, -0.05) is 0 Å². The Hall–Kier alpha value is -1.40. The summed E-state index contributed by atoms with van der Waals surface area (Å²) in [6.07, 6.45) is 1.36. The molecule has 0 aliphatic carbocycles. The van der Waals surface area contributed by atoms with E-state index in [1.54, 1.807) is 0 Å². The highest BCUT2D eigenvalue weighted by Crippen LogP contribution is 2.17. The van der Waals surface area contributed by atoms with E-state index in [1.807, 2.05) is 0 Å². The van der Waals surface area contributed by atoms with Gasteiger partial charge in [-0.2, -0.15) is 0 Å². The molecule has 6 heteroatoms. The van der Waals surface area contributed by atoms with E-state index in [4.69, 9.17) is 19.7 Å². The summed E-state index contributed by atoms with van der Waals surface area (Å²) in [6, 6.07) is 0. The molecule has 0 heterocycles. The van der Waals surface area contributed by atoms with Gasteiger partial charge in [0, 0.05) is 38.6 Å². The Morgan fingerprint density at radius 3 is 1.39 bits per heavy atom. The molecule has 0 aromatic rings. The number of carboxylic acids is 2. The maximum absolute atomic E-state index is 11.1. The summed E-state index contributed by atoms with van der Waals surface area (Å²) >= 11 is 0. The fourth-order valence-corrected chi connectivity index (χ4v) is 1.56. The summed E-state index contributed by atoms with van der Waals surface area (Å²) in [6.45, 7) is 0.809. The monoisotopic (exact) mass is 260 g/mol. The molecule has 6 nitrogen and oxygen atoms in total. The highest BCUT2D eigenvalue weighted by molar-refractivity contribution is 5.98. The van der Waals surface area contributed by atoms with Crippen LogP contribution < -0.4 is 0 Å². The number of carboxylic acid groups (broad SMARTS) is 2. The van der Waals surface area contributed by atoms with Crippen molar-refractivity contribution in [2.75, 3.05) is 27.4 Å². The van der Waals surface area contributed by atoms with Gasteiger partial charge in [0.2, 0.25) is 0 Å². The summed E-state index contributed by atoms with van der Waals surface area (Å²) in [5, 5.41) is 18.1. The van der Waals surface area contributed by atoms with Crippen LogP contribution in [0.4, 0.5) is 0 Å². The zero-order valence-corrected chi connectivity index (χ0v) is 10.8. The predicted octanol–water partition coefficient (Wildman–Crippen LogP) is 1.31. The number of hydrogen-bond acceptors (Lipinski definition) is 4. The van der Waals surface area contributed by atoms with E-state index in [1.165, 1.54) is 14.2 Å². The topological polar surface area (TPSA) is 93.1 Å². The second-order valence-corrected chi connectivity index (χ2v) is 3.76. The minimum absolute atomic E-state index is 0.0457. The molecular formula is C12H20O6. The van der Waals surface area contributed by atoms with Crippen molar-refractivity contribution in [1.82, 2.24) is 0 Å². The summed E-state index contributed by atoms with van der Waals surface area (Å²) in [5.41, 5.74) is -0.0914. The van der Waals surface area contributed by atoms with Gasteiger partial charge in [0.1, 0.15) is 0 Å². The Morgan fingerprint density at radius 2 is 1.17 bits per heavy atom. The molecule has 0 saturated carbocycles. The second-order valence-electron chi connectivity index (χ2n) is 3.76. The van der Waals surface area contributed by atoms with Crippen molar-refractivity contribution >= 4 is 11.9 Å². The van der Waals surface area contributed by atoms with Crippen molar-refractivity contribution in [1.29, 1.82) is 0 Å². The van der Waals surface area contributed by atoms with Gasteiger partial charge in [0.15, 0.2) is 0 Å². The third kappa shape index (κ3) is 6.36. The lowest BCUT2D eigenvalue weighted by Crippen LogP contribution is -2.13. The molecule has 2 N–H and O–H groups in total. The molecule has 0 amide bonds. The molecule has 0 aromatic heterocycles. The van der Waals surface area contributed by atoms with Gasteiger partial charge in [-0.15, -0.1) is 0 Å². The van der Waals surface area contributed by atoms with Crippen LogP contribution in [0.3, 0.4) is 0 Å². The average Bonchev–Trinajstić information content (AvgIpc) is 2.31. The van der Waals surface area contributed by atoms with Crippen molar-refractivity contribution in [2.45, 2.75) is 25.7 Å². The van der Waals surface area contributed by atoms with Crippen LogP contribution in [0.25, 0.3) is 0 Å². The molecule has 0 spiro atoms. The molecule has 104 valence electrons. The third-order valence-corrected chi connectivity index (χ3v) is 2.43. The number of hydrogen-bond donors (Lipinski definition) is 2. The summed E-state index contributed by atoms with van der Waals surface area (Å²) in [5.74, 6) is -2.36. The van der Waals surface area contributed by atoms with E-state index in [-0.39, 0.29) is 24.0 Å². The first-order valence-electron chi connectivity index (χ1n) is 5.71. The minimum atomic E-state index is -1.18. The molecule has 0 unspecified atom stereocenters. The Bertz CT molecular complexity index is 278. The van der Waals surface area contributed by atoms with Crippen LogP contribution in [0.2, 0.25) is 0 Å². The van der Waals surface area contributed by atoms with Gasteiger partial charge in [-0.05, 0) is 25.7 Å². The Morgan fingerprint density at radius 1 is 0.833 bits per heavy atom. The Balaban J connectivity index is 4.80. The number of aliphatic carboxylic acids is 2.